The molecule has 1 unspecified atom stereocenters. The third-order valence-electron chi connectivity index (χ3n) is 3.52. The molecule has 4 nitrogen and oxygen atoms in total. The topological polar surface area (TPSA) is 44.8 Å². The highest BCUT2D eigenvalue weighted by Crippen LogP contribution is 2.29. The van der Waals surface area contributed by atoms with Crippen molar-refractivity contribution in [1.82, 2.24) is 0 Å². The summed E-state index contributed by atoms with van der Waals surface area (Å²) in [5.74, 6) is -0.309. The van der Waals surface area contributed by atoms with Gasteiger partial charge in [-0.15, -0.1) is 11.3 Å². The number of methoxy groups -OCH3 is 1. The van der Waals surface area contributed by atoms with Gasteiger partial charge in [-0.25, -0.2) is 4.79 Å². The highest BCUT2D eigenvalue weighted by atomic mass is 32.1. The van der Waals surface area contributed by atoms with E-state index in [4.69, 9.17) is 14.0 Å². The van der Waals surface area contributed by atoms with E-state index in [1.807, 2.05) is 26.8 Å². The second-order valence-electron chi connectivity index (χ2n) is 5.17. The predicted molar refractivity (Wildman–Crippen MR) is 76.1 cm³/mol. The molecule has 0 bridgehead atoms. The van der Waals surface area contributed by atoms with E-state index in [0.717, 1.165) is 16.8 Å². The van der Waals surface area contributed by atoms with Crippen molar-refractivity contribution < 1.29 is 18.8 Å². The van der Waals surface area contributed by atoms with E-state index >= 15 is 0 Å². The molecule has 1 aliphatic rings. The van der Waals surface area contributed by atoms with Crippen LogP contribution in [-0.4, -0.2) is 31.9 Å². The van der Waals surface area contributed by atoms with Crippen LogP contribution in [0.2, 0.25) is 0 Å². The van der Waals surface area contributed by atoms with Gasteiger partial charge in [0.05, 0.1) is 18.8 Å². The van der Waals surface area contributed by atoms with Crippen molar-refractivity contribution in [2.24, 2.45) is 0 Å². The van der Waals surface area contributed by atoms with Gasteiger partial charge in [-0.2, -0.15) is 0 Å². The third kappa shape index (κ3) is 2.71. The van der Waals surface area contributed by atoms with Gasteiger partial charge in [-0.05, 0) is 38.7 Å². The second kappa shape index (κ2) is 5.27. The average molecular weight is 282 g/mol. The van der Waals surface area contributed by atoms with E-state index in [2.05, 4.69) is 6.92 Å². The number of rotatable bonds is 3. The molecule has 0 aromatic carbocycles. The smallest absolute Gasteiger partial charge is 0.465 e. The molecule has 1 fully saturated rings. The lowest BCUT2D eigenvalue weighted by molar-refractivity contribution is 0.0606. The lowest BCUT2D eigenvalue weighted by Crippen LogP contribution is -2.35. The zero-order valence-electron chi connectivity index (χ0n) is 12.0. The first-order chi connectivity index (χ1) is 8.89. The second-order valence-corrected chi connectivity index (χ2v) is 6.30. The highest BCUT2D eigenvalue weighted by Gasteiger charge is 2.45. The van der Waals surface area contributed by atoms with E-state index in [-0.39, 0.29) is 17.7 Å². The Morgan fingerprint density at radius 1 is 1.58 bits per heavy atom. The number of hydrogen-bond acceptors (Lipinski definition) is 5. The highest BCUT2D eigenvalue weighted by molar-refractivity contribution is 7.15. The zero-order valence-corrected chi connectivity index (χ0v) is 12.8. The Labute approximate surface area is 118 Å². The number of aryl methyl sites for hydroxylation is 1. The number of esters is 1. The van der Waals surface area contributed by atoms with E-state index in [9.17, 15) is 4.79 Å². The number of carbonyl (C=O) groups excluding carboxylic acids is 1. The maximum absolute atomic E-state index is 11.6. The van der Waals surface area contributed by atoms with Gasteiger partial charge >= 0.3 is 13.1 Å². The maximum atomic E-state index is 11.6. The van der Waals surface area contributed by atoms with Crippen LogP contribution in [0.25, 0.3) is 0 Å². The molecule has 6 heteroatoms. The Bertz CT molecular complexity index is 483. The molecule has 1 atom stereocenters. The van der Waals surface area contributed by atoms with Gasteiger partial charge in [0.15, 0.2) is 0 Å². The molecule has 0 amide bonds. The van der Waals surface area contributed by atoms with Gasteiger partial charge in [0.1, 0.15) is 4.88 Å². The molecule has 1 saturated heterocycles. The van der Waals surface area contributed by atoms with Gasteiger partial charge in [-0.3, -0.25) is 0 Å². The Morgan fingerprint density at radius 3 is 2.74 bits per heavy atom. The Balaban J connectivity index is 2.30. The lowest BCUT2D eigenvalue weighted by atomic mass is 9.78. The third-order valence-corrected chi connectivity index (χ3v) is 4.80. The normalized spacial score (nSPS) is 21.7. The molecule has 1 aromatic heterocycles. The fourth-order valence-corrected chi connectivity index (χ4v) is 3.04. The van der Waals surface area contributed by atoms with Crippen LogP contribution in [0.15, 0.2) is 6.07 Å². The first kappa shape index (κ1) is 14.6. The van der Waals surface area contributed by atoms with Gasteiger partial charge in [0.2, 0.25) is 0 Å². The molecule has 0 N–H and O–H groups in total. The predicted octanol–water partition coefficient (Wildman–Crippen LogP) is 2.01. The van der Waals surface area contributed by atoms with Crippen LogP contribution in [0.4, 0.5) is 0 Å². The minimum atomic E-state index is -0.394. The fraction of sp³-hybridized carbons (Fsp3) is 0.615. The van der Waals surface area contributed by atoms with Gasteiger partial charge < -0.3 is 14.0 Å². The van der Waals surface area contributed by atoms with E-state index < -0.39 is 7.12 Å². The van der Waals surface area contributed by atoms with Crippen LogP contribution in [0.1, 0.15) is 42.2 Å². The monoisotopic (exact) mass is 282 g/mol. The summed E-state index contributed by atoms with van der Waals surface area (Å²) in [6.45, 7) is 8.08. The minimum Gasteiger partial charge on any atom is -0.465 e. The molecule has 0 aliphatic carbocycles. The summed E-state index contributed by atoms with van der Waals surface area (Å²) < 4.78 is 16.6. The van der Waals surface area contributed by atoms with Crippen molar-refractivity contribution in [2.45, 2.75) is 45.8 Å². The molecule has 104 valence electrons. The zero-order chi connectivity index (χ0) is 14.2. The standard InChI is InChI=1S/C13H19BO4S/c1-6-10-9(7-11(19-10)12(15)16-5)14-17-8(2)13(3,4)18-14/h7-8H,6H2,1-5H3. The summed E-state index contributed by atoms with van der Waals surface area (Å²) in [6, 6.07) is 1.83. The minimum absolute atomic E-state index is 0.0173. The quantitative estimate of drug-likeness (QED) is 0.628. The van der Waals surface area contributed by atoms with Crippen molar-refractivity contribution in [3.8, 4) is 0 Å². The van der Waals surface area contributed by atoms with E-state index in [1.54, 1.807) is 0 Å². The molecule has 0 radical (unpaired) electrons. The summed E-state index contributed by atoms with van der Waals surface area (Å²) in [7, 11) is 0.996. The Morgan fingerprint density at radius 2 is 2.26 bits per heavy atom. The summed E-state index contributed by atoms with van der Waals surface area (Å²) in [4.78, 5) is 13.3. The van der Waals surface area contributed by atoms with Crippen molar-refractivity contribution in [3.05, 3.63) is 15.8 Å². The SMILES string of the molecule is CCc1sc(C(=O)OC)cc1B1OC(C)C(C)(C)O1. The van der Waals surface area contributed by atoms with Crippen LogP contribution in [-0.2, 0) is 20.5 Å². The summed E-state index contributed by atoms with van der Waals surface area (Å²) in [5.41, 5.74) is 0.633. The number of thiophene rings is 1. The number of ether oxygens (including phenoxy) is 1. The molecule has 0 spiro atoms. The fourth-order valence-electron chi connectivity index (χ4n) is 2.01. The van der Waals surface area contributed by atoms with Gasteiger partial charge in [0, 0.05) is 4.88 Å². The first-order valence-electron chi connectivity index (χ1n) is 6.43. The average Bonchev–Trinajstić information content (AvgIpc) is 2.90. The van der Waals surface area contributed by atoms with Crippen molar-refractivity contribution in [3.63, 3.8) is 0 Å². The van der Waals surface area contributed by atoms with Crippen LogP contribution in [0.3, 0.4) is 0 Å². The maximum Gasteiger partial charge on any atom is 0.495 e. The van der Waals surface area contributed by atoms with Crippen LogP contribution < -0.4 is 5.46 Å². The molecule has 1 aliphatic heterocycles. The molecule has 0 saturated carbocycles. The Kier molecular flexibility index (Phi) is 4.04. The van der Waals surface area contributed by atoms with Crippen LogP contribution >= 0.6 is 11.3 Å². The van der Waals surface area contributed by atoms with E-state index in [1.165, 1.54) is 18.4 Å². The molecular formula is C13H19BO4S. The van der Waals surface area contributed by atoms with Gasteiger partial charge in [0.25, 0.3) is 0 Å². The number of hydrogen-bond donors (Lipinski definition) is 0. The molecule has 2 rings (SSSR count). The molecular weight excluding hydrogens is 263 g/mol. The largest absolute Gasteiger partial charge is 0.495 e. The molecule has 1 aromatic rings. The van der Waals surface area contributed by atoms with Crippen LogP contribution in [0, 0.1) is 0 Å². The van der Waals surface area contributed by atoms with Crippen molar-refractivity contribution in [1.29, 1.82) is 0 Å². The van der Waals surface area contributed by atoms with Crippen molar-refractivity contribution in [2.75, 3.05) is 7.11 Å². The lowest BCUT2D eigenvalue weighted by Gasteiger charge is -2.21. The summed E-state index contributed by atoms with van der Waals surface area (Å²) >= 11 is 1.45. The summed E-state index contributed by atoms with van der Waals surface area (Å²) in [6.07, 6.45) is 0.860. The number of carbonyl (C=O) groups is 1. The Hall–Kier alpha value is -0.845. The van der Waals surface area contributed by atoms with Gasteiger partial charge in [-0.1, -0.05) is 6.92 Å². The van der Waals surface area contributed by atoms with Crippen molar-refractivity contribution >= 4 is 29.9 Å². The van der Waals surface area contributed by atoms with Crippen LogP contribution in [0.5, 0.6) is 0 Å². The van der Waals surface area contributed by atoms with E-state index in [0.29, 0.717) is 4.88 Å². The molecule has 2 heterocycles. The molecule has 19 heavy (non-hydrogen) atoms. The first-order valence-corrected chi connectivity index (χ1v) is 7.25. The summed E-state index contributed by atoms with van der Waals surface area (Å²) in [5, 5.41) is 0.